The van der Waals surface area contributed by atoms with Crippen molar-refractivity contribution in [2.75, 3.05) is 19.6 Å². The molecule has 2 saturated carbocycles. The summed E-state index contributed by atoms with van der Waals surface area (Å²) in [6.07, 6.45) is -5.72. The number of alkyl halides is 6. The molecule has 0 unspecified atom stereocenters. The highest BCUT2D eigenvalue weighted by Crippen LogP contribution is 2.59. The SMILES string of the molecule is CCCN(CCCc1c(C2(C(F)(F)F)CCC2)cccc1C1(C(F)(F)F)CCC1)CCc1ccccc1. The molecule has 2 aromatic rings. The van der Waals surface area contributed by atoms with Crippen LogP contribution in [-0.2, 0) is 23.7 Å². The van der Waals surface area contributed by atoms with E-state index >= 15 is 0 Å². The summed E-state index contributed by atoms with van der Waals surface area (Å²) in [6.45, 7) is 4.38. The van der Waals surface area contributed by atoms with E-state index in [0.717, 1.165) is 25.9 Å². The molecule has 2 aliphatic rings. The van der Waals surface area contributed by atoms with Crippen LogP contribution in [0.2, 0.25) is 0 Å². The highest BCUT2D eigenvalue weighted by molar-refractivity contribution is 5.48. The van der Waals surface area contributed by atoms with E-state index in [1.54, 1.807) is 0 Å². The van der Waals surface area contributed by atoms with Gasteiger partial charge in [0, 0.05) is 6.54 Å². The molecule has 2 fully saturated rings. The van der Waals surface area contributed by atoms with E-state index in [9.17, 15) is 26.3 Å². The third-order valence-electron chi connectivity index (χ3n) is 8.71. The van der Waals surface area contributed by atoms with Crippen molar-refractivity contribution in [2.45, 2.75) is 94.3 Å². The van der Waals surface area contributed by atoms with Crippen LogP contribution < -0.4 is 0 Å². The zero-order valence-corrected chi connectivity index (χ0v) is 21.5. The average molecular weight is 526 g/mol. The Kier molecular flexibility index (Phi) is 8.32. The Morgan fingerprint density at radius 1 is 0.676 bits per heavy atom. The Labute approximate surface area is 216 Å². The van der Waals surface area contributed by atoms with Crippen LogP contribution in [0.4, 0.5) is 26.3 Å². The molecule has 1 nitrogen and oxygen atoms in total. The largest absolute Gasteiger partial charge is 0.398 e. The van der Waals surface area contributed by atoms with Gasteiger partial charge in [-0.15, -0.1) is 0 Å². The van der Waals surface area contributed by atoms with Crippen molar-refractivity contribution >= 4 is 0 Å². The molecule has 0 atom stereocenters. The normalized spacial score (nSPS) is 18.9. The lowest BCUT2D eigenvalue weighted by atomic mass is 9.58. The van der Waals surface area contributed by atoms with Crippen molar-refractivity contribution in [3.8, 4) is 0 Å². The van der Waals surface area contributed by atoms with Gasteiger partial charge in [-0.25, -0.2) is 0 Å². The third-order valence-corrected chi connectivity index (χ3v) is 8.71. The van der Waals surface area contributed by atoms with Crippen LogP contribution in [0.5, 0.6) is 0 Å². The summed E-state index contributed by atoms with van der Waals surface area (Å²) in [7, 11) is 0. The van der Waals surface area contributed by atoms with Gasteiger partial charge in [0.15, 0.2) is 0 Å². The van der Waals surface area contributed by atoms with Gasteiger partial charge < -0.3 is 4.90 Å². The summed E-state index contributed by atoms with van der Waals surface area (Å²) in [6, 6.07) is 14.4. The summed E-state index contributed by atoms with van der Waals surface area (Å²) in [4.78, 5) is 2.28. The molecule has 7 heteroatoms. The molecule has 0 N–H and O–H groups in total. The van der Waals surface area contributed by atoms with Crippen LogP contribution in [-0.4, -0.2) is 36.9 Å². The van der Waals surface area contributed by atoms with E-state index in [4.69, 9.17) is 0 Å². The first kappa shape index (κ1) is 28.0. The van der Waals surface area contributed by atoms with Crippen molar-refractivity contribution in [1.29, 1.82) is 0 Å². The smallest absolute Gasteiger partial charge is 0.303 e. The first-order chi connectivity index (χ1) is 17.5. The Morgan fingerprint density at radius 2 is 1.22 bits per heavy atom. The first-order valence-corrected chi connectivity index (χ1v) is 13.6. The molecule has 37 heavy (non-hydrogen) atoms. The van der Waals surface area contributed by atoms with Crippen LogP contribution in [0, 0.1) is 0 Å². The quantitative estimate of drug-likeness (QED) is 0.266. The van der Waals surface area contributed by atoms with E-state index in [0.29, 0.717) is 31.4 Å². The van der Waals surface area contributed by atoms with Crippen LogP contribution in [0.3, 0.4) is 0 Å². The van der Waals surface area contributed by atoms with E-state index in [2.05, 4.69) is 24.0 Å². The van der Waals surface area contributed by atoms with E-state index < -0.39 is 23.2 Å². The van der Waals surface area contributed by atoms with Gasteiger partial charge in [-0.1, -0.05) is 68.3 Å². The molecule has 4 rings (SSSR count). The molecular weight excluding hydrogens is 488 g/mol. The number of benzene rings is 2. The predicted molar refractivity (Wildman–Crippen MR) is 135 cm³/mol. The average Bonchev–Trinajstić information content (AvgIpc) is 2.76. The molecule has 0 spiro atoms. The molecule has 2 aromatic carbocycles. The van der Waals surface area contributed by atoms with Crippen LogP contribution in [0.25, 0.3) is 0 Å². The minimum absolute atomic E-state index is 0.0506. The van der Waals surface area contributed by atoms with Gasteiger partial charge in [0.1, 0.15) is 0 Å². The fraction of sp³-hybridized carbons (Fsp3) is 0.600. The summed E-state index contributed by atoms with van der Waals surface area (Å²) >= 11 is 0. The van der Waals surface area contributed by atoms with Crippen molar-refractivity contribution in [2.24, 2.45) is 0 Å². The van der Waals surface area contributed by atoms with Gasteiger partial charge in [-0.05, 0) is 86.7 Å². The van der Waals surface area contributed by atoms with E-state index in [1.165, 1.54) is 23.8 Å². The van der Waals surface area contributed by atoms with Crippen LogP contribution in [0.1, 0.15) is 80.5 Å². The zero-order valence-electron chi connectivity index (χ0n) is 21.5. The van der Waals surface area contributed by atoms with Crippen molar-refractivity contribution in [3.05, 3.63) is 70.8 Å². The van der Waals surface area contributed by atoms with E-state index in [-0.39, 0.29) is 43.2 Å². The Bertz CT molecular complexity index is 968. The van der Waals surface area contributed by atoms with Gasteiger partial charge in [-0.3, -0.25) is 0 Å². The summed E-state index contributed by atoms with van der Waals surface area (Å²) in [5.74, 6) is 0. The molecule has 0 bridgehead atoms. The number of hydrogen-bond donors (Lipinski definition) is 0. The highest BCUT2D eigenvalue weighted by Gasteiger charge is 2.63. The standard InChI is InChI=1S/C30H37F6N/c1-2-20-37(22-15-23-10-4-3-5-11-23)21-7-12-24-25(27(16-8-17-27)29(31,32)33)13-6-14-26(24)28(18-9-19-28)30(34,35)36/h3-6,10-11,13-14H,2,7-9,12,15-22H2,1H3. The lowest BCUT2D eigenvalue weighted by Gasteiger charge is -2.48. The number of hydrogen-bond acceptors (Lipinski definition) is 1. The van der Waals surface area contributed by atoms with Gasteiger partial charge in [-0.2, -0.15) is 26.3 Å². The molecule has 0 radical (unpaired) electrons. The van der Waals surface area contributed by atoms with Crippen LogP contribution >= 0.6 is 0 Å². The lowest BCUT2D eigenvalue weighted by Crippen LogP contribution is -2.51. The molecule has 2 aliphatic carbocycles. The molecule has 0 saturated heterocycles. The predicted octanol–water partition coefficient (Wildman–Crippen LogP) is 8.54. The van der Waals surface area contributed by atoms with Gasteiger partial charge in [0.05, 0.1) is 10.8 Å². The second kappa shape index (κ2) is 11.0. The monoisotopic (exact) mass is 525 g/mol. The number of rotatable bonds is 11. The second-order valence-electron chi connectivity index (χ2n) is 10.9. The molecule has 0 aliphatic heterocycles. The number of nitrogens with zero attached hydrogens (tertiary/aromatic N) is 1. The minimum atomic E-state index is -4.48. The summed E-state index contributed by atoms with van der Waals surface area (Å²) in [5.41, 5.74) is -2.35. The highest BCUT2D eigenvalue weighted by atomic mass is 19.4. The van der Waals surface area contributed by atoms with Crippen LogP contribution in [0.15, 0.2) is 48.5 Å². The zero-order chi connectivity index (χ0) is 26.7. The van der Waals surface area contributed by atoms with Gasteiger partial charge in [0.25, 0.3) is 0 Å². The third kappa shape index (κ3) is 5.43. The fourth-order valence-electron chi connectivity index (χ4n) is 6.29. The maximum absolute atomic E-state index is 14.4. The Morgan fingerprint density at radius 3 is 1.65 bits per heavy atom. The first-order valence-electron chi connectivity index (χ1n) is 13.6. The lowest BCUT2D eigenvalue weighted by molar-refractivity contribution is -0.215. The van der Waals surface area contributed by atoms with Crippen molar-refractivity contribution in [3.63, 3.8) is 0 Å². The molecule has 0 amide bonds. The molecule has 0 heterocycles. The summed E-state index contributed by atoms with van der Waals surface area (Å²) in [5, 5.41) is 0. The van der Waals surface area contributed by atoms with Crippen molar-refractivity contribution < 1.29 is 26.3 Å². The molecule has 0 aromatic heterocycles. The summed E-state index contributed by atoms with van der Waals surface area (Å²) < 4.78 is 86.2. The maximum Gasteiger partial charge on any atom is 0.398 e. The fourth-order valence-corrected chi connectivity index (χ4v) is 6.29. The van der Waals surface area contributed by atoms with Gasteiger partial charge >= 0.3 is 12.4 Å². The molecular formula is C30H37F6N. The molecule has 204 valence electrons. The Hall–Kier alpha value is -2.02. The Balaban J connectivity index is 1.61. The maximum atomic E-state index is 14.4. The second-order valence-corrected chi connectivity index (χ2v) is 10.9. The topological polar surface area (TPSA) is 3.24 Å². The number of halogens is 6. The van der Waals surface area contributed by atoms with Crippen molar-refractivity contribution in [1.82, 2.24) is 4.90 Å². The minimum Gasteiger partial charge on any atom is -0.303 e. The van der Waals surface area contributed by atoms with Gasteiger partial charge in [0.2, 0.25) is 0 Å². The van der Waals surface area contributed by atoms with E-state index in [1.807, 2.05) is 18.2 Å².